The Hall–Kier alpha value is -2.13. The molecule has 0 radical (unpaired) electrons. The second-order valence-corrected chi connectivity index (χ2v) is 7.18. The minimum absolute atomic E-state index is 0.151. The Kier molecular flexibility index (Phi) is 5.87. The fourth-order valence-electron chi connectivity index (χ4n) is 3.42. The second kappa shape index (κ2) is 8.30. The predicted molar refractivity (Wildman–Crippen MR) is 102 cm³/mol. The molecule has 0 saturated carbocycles. The van der Waals surface area contributed by atoms with E-state index in [1.54, 1.807) is 0 Å². The van der Waals surface area contributed by atoms with E-state index in [1.165, 1.54) is 16.7 Å². The van der Waals surface area contributed by atoms with Crippen LogP contribution in [0, 0.1) is 19.8 Å². The standard InChI is InChI=1S/C22H28N2O/c1-17-7-9-19(10-8-17)15-23-22(25)20-11-13-24(14-12-20)16-21-6-4-3-5-18(21)2/h3-10,20H,11-16H2,1-2H3,(H,23,25). The molecule has 1 N–H and O–H groups in total. The molecule has 3 nitrogen and oxygen atoms in total. The maximum absolute atomic E-state index is 12.4. The van der Waals surface area contributed by atoms with E-state index < -0.39 is 0 Å². The highest BCUT2D eigenvalue weighted by Gasteiger charge is 2.24. The third-order valence-electron chi connectivity index (χ3n) is 5.20. The third-order valence-corrected chi connectivity index (χ3v) is 5.20. The van der Waals surface area contributed by atoms with Crippen molar-refractivity contribution in [3.05, 3.63) is 70.8 Å². The van der Waals surface area contributed by atoms with Crippen molar-refractivity contribution in [3.63, 3.8) is 0 Å². The van der Waals surface area contributed by atoms with Crippen LogP contribution in [-0.2, 0) is 17.9 Å². The highest BCUT2D eigenvalue weighted by molar-refractivity contribution is 5.78. The molecule has 1 saturated heterocycles. The summed E-state index contributed by atoms with van der Waals surface area (Å²) in [5, 5.41) is 3.10. The summed E-state index contributed by atoms with van der Waals surface area (Å²) in [6.07, 6.45) is 1.90. The van der Waals surface area contributed by atoms with Crippen molar-refractivity contribution in [2.75, 3.05) is 13.1 Å². The number of rotatable bonds is 5. The van der Waals surface area contributed by atoms with Crippen molar-refractivity contribution in [2.45, 2.75) is 39.8 Å². The van der Waals surface area contributed by atoms with E-state index >= 15 is 0 Å². The van der Waals surface area contributed by atoms with E-state index in [4.69, 9.17) is 0 Å². The number of carbonyl (C=O) groups is 1. The first-order chi connectivity index (χ1) is 12.1. The molecule has 1 aliphatic heterocycles. The van der Waals surface area contributed by atoms with Crippen molar-refractivity contribution in [1.82, 2.24) is 10.2 Å². The highest BCUT2D eigenvalue weighted by atomic mass is 16.1. The Balaban J connectivity index is 1.44. The molecule has 1 aliphatic rings. The molecular formula is C22H28N2O. The topological polar surface area (TPSA) is 32.3 Å². The molecule has 0 aromatic heterocycles. The van der Waals surface area contributed by atoms with Crippen LogP contribution in [0.25, 0.3) is 0 Å². The van der Waals surface area contributed by atoms with Crippen molar-refractivity contribution in [2.24, 2.45) is 5.92 Å². The van der Waals surface area contributed by atoms with Gasteiger partial charge in [-0.05, 0) is 56.5 Å². The summed E-state index contributed by atoms with van der Waals surface area (Å²) in [7, 11) is 0. The van der Waals surface area contributed by atoms with E-state index in [2.05, 4.69) is 72.6 Å². The van der Waals surface area contributed by atoms with Crippen LogP contribution in [0.4, 0.5) is 0 Å². The Morgan fingerprint density at radius 3 is 2.40 bits per heavy atom. The summed E-state index contributed by atoms with van der Waals surface area (Å²) in [4.78, 5) is 14.9. The Labute approximate surface area is 151 Å². The van der Waals surface area contributed by atoms with Gasteiger partial charge in [0.25, 0.3) is 0 Å². The minimum atomic E-state index is 0.151. The van der Waals surface area contributed by atoms with Crippen molar-refractivity contribution in [3.8, 4) is 0 Å². The van der Waals surface area contributed by atoms with Crippen LogP contribution in [0.5, 0.6) is 0 Å². The van der Waals surface area contributed by atoms with Crippen LogP contribution in [0.15, 0.2) is 48.5 Å². The third kappa shape index (κ3) is 4.93. The first kappa shape index (κ1) is 17.7. The van der Waals surface area contributed by atoms with Crippen molar-refractivity contribution >= 4 is 5.91 Å². The molecule has 0 atom stereocenters. The summed E-state index contributed by atoms with van der Waals surface area (Å²) in [5.74, 6) is 0.356. The van der Waals surface area contributed by atoms with E-state index in [9.17, 15) is 4.79 Å². The SMILES string of the molecule is Cc1ccc(CNC(=O)C2CCN(Cc3ccccc3C)CC2)cc1. The molecule has 132 valence electrons. The number of nitrogens with one attached hydrogen (secondary N) is 1. The largest absolute Gasteiger partial charge is 0.352 e. The molecule has 25 heavy (non-hydrogen) atoms. The van der Waals surface area contributed by atoms with Gasteiger partial charge >= 0.3 is 0 Å². The van der Waals surface area contributed by atoms with Crippen molar-refractivity contribution in [1.29, 1.82) is 0 Å². The average Bonchev–Trinajstić information content (AvgIpc) is 2.63. The van der Waals surface area contributed by atoms with E-state index in [1.807, 2.05) is 0 Å². The first-order valence-corrected chi connectivity index (χ1v) is 9.22. The second-order valence-electron chi connectivity index (χ2n) is 7.18. The summed E-state index contributed by atoms with van der Waals surface area (Å²) in [6, 6.07) is 16.9. The number of benzene rings is 2. The molecular weight excluding hydrogens is 308 g/mol. The van der Waals surface area contributed by atoms with Crippen LogP contribution in [0.2, 0.25) is 0 Å². The quantitative estimate of drug-likeness (QED) is 0.900. The van der Waals surface area contributed by atoms with Gasteiger partial charge in [0.2, 0.25) is 5.91 Å². The van der Waals surface area contributed by atoms with Crippen LogP contribution in [0.3, 0.4) is 0 Å². The zero-order valence-electron chi connectivity index (χ0n) is 15.3. The number of aryl methyl sites for hydroxylation is 2. The van der Waals surface area contributed by atoms with Gasteiger partial charge in [-0.3, -0.25) is 9.69 Å². The molecule has 0 unspecified atom stereocenters. The lowest BCUT2D eigenvalue weighted by atomic mass is 9.95. The van der Waals surface area contributed by atoms with Gasteiger partial charge in [0.15, 0.2) is 0 Å². The number of hydrogen-bond acceptors (Lipinski definition) is 2. The summed E-state index contributed by atoms with van der Waals surface area (Å²) < 4.78 is 0. The molecule has 2 aromatic carbocycles. The van der Waals surface area contributed by atoms with E-state index in [-0.39, 0.29) is 11.8 Å². The van der Waals surface area contributed by atoms with Gasteiger partial charge in [-0.2, -0.15) is 0 Å². The van der Waals surface area contributed by atoms with E-state index in [0.29, 0.717) is 6.54 Å². The monoisotopic (exact) mass is 336 g/mol. The van der Waals surface area contributed by atoms with Gasteiger partial charge in [0.05, 0.1) is 0 Å². The predicted octanol–water partition coefficient (Wildman–Crippen LogP) is 3.83. The van der Waals surface area contributed by atoms with Gasteiger partial charge in [0.1, 0.15) is 0 Å². The van der Waals surface area contributed by atoms with Crippen molar-refractivity contribution < 1.29 is 4.79 Å². The zero-order valence-corrected chi connectivity index (χ0v) is 15.3. The lowest BCUT2D eigenvalue weighted by Gasteiger charge is -2.31. The van der Waals surface area contributed by atoms with Crippen LogP contribution in [-0.4, -0.2) is 23.9 Å². The van der Waals surface area contributed by atoms with Gasteiger partial charge in [-0.1, -0.05) is 54.1 Å². The van der Waals surface area contributed by atoms with Gasteiger partial charge in [-0.25, -0.2) is 0 Å². The number of carbonyl (C=O) groups excluding carboxylic acids is 1. The zero-order chi connectivity index (χ0) is 17.6. The number of nitrogens with zero attached hydrogens (tertiary/aromatic N) is 1. The summed E-state index contributed by atoms with van der Waals surface area (Å²) in [5.41, 5.74) is 5.15. The molecule has 1 amide bonds. The van der Waals surface area contributed by atoms with Gasteiger partial charge in [0, 0.05) is 19.0 Å². The smallest absolute Gasteiger partial charge is 0.223 e. The summed E-state index contributed by atoms with van der Waals surface area (Å²) in [6.45, 7) is 7.86. The Morgan fingerprint density at radius 2 is 1.72 bits per heavy atom. The molecule has 1 heterocycles. The number of amides is 1. The normalized spacial score (nSPS) is 15.9. The molecule has 0 aliphatic carbocycles. The lowest BCUT2D eigenvalue weighted by molar-refractivity contribution is -0.126. The maximum atomic E-state index is 12.4. The minimum Gasteiger partial charge on any atom is -0.352 e. The fourth-order valence-corrected chi connectivity index (χ4v) is 3.42. The maximum Gasteiger partial charge on any atom is 0.223 e. The Bertz CT molecular complexity index is 700. The number of hydrogen-bond donors (Lipinski definition) is 1. The highest BCUT2D eigenvalue weighted by Crippen LogP contribution is 2.20. The Morgan fingerprint density at radius 1 is 1.04 bits per heavy atom. The number of likely N-dealkylation sites (tertiary alicyclic amines) is 1. The molecule has 3 heteroatoms. The molecule has 3 rings (SSSR count). The lowest BCUT2D eigenvalue weighted by Crippen LogP contribution is -2.40. The van der Waals surface area contributed by atoms with Crippen LogP contribution >= 0.6 is 0 Å². The molecule has 2 aromatic rings. The summed E-state index contributed by atoms with van der Waals surface area (Å²) >= 11 is 0. The van der Waals surface area contributed by atoms with Crippen LogP contribution in [0.1, 0.15) is 35.1 Å². The van der Waals surface area contributed by atoms with Crippen LogP contribution < -0.4 is 5.32 Å². The molecule has 0 bridgehead atoms. The average molecular weight is 336 g/mol. The molecule has 1 fully saturated rings. The van der Waals surface area contributed by atoms with Gasteiger partial charge in [-0.15, -0.1) is 0 Å². The number of piperidine rings is 1. The molecule has 0 spiro atoms. The van der Waals surface area contributed by atoms with Gasteiger partial charge < -0.3 is 5.32 Å². The van der Waals surface area contributed by atoms with E-state index in [0.717, 1.165) is 38.0 Å². The first-order valence-electron chi connectivity index (χ1n) is 9.22. The fraction of sp³-hybridized carbons (Fsp3) is 0.409.